The van der Waals surface area contributed by atoms with Crippen LogP contribution in [0.3, 0.4) is 0 Å². The molecule has 0 N–H and O–H groups in total. The van der Waals surface area contributed by atoms with Gasteiger partial charge in [-0.1, -0.05) is 12.1 Å². The molecule has 1 aromatic heterocycles. The Morgan fingerprint density at radius 3 is 2.45 bits per heavy atom. The summed E-state index contributed by atoms with van der Waals surface area (Å²) in [5.74, 6) is -0.0571. The summed E-state index contributed by atoms with van der Waals surface area (Å²) in [6, 6.07) is 18.5. The third kappa shape index (κ3) is 3.99. The fraction of sp³-hybridized carbons (Fsp3) is 0.0435. The molecular weight excluding hydrogens is 402 g/mol. The lowest BCUT2D eigenvalue weighted by atomic mass is 10.0. The summed E-state index contributed by atoms with van der Waals surface area (Å²) in [4.78, 5) is 35.0. The van der Waals surface area contributed by atoms with Gasteiger partial charge in [0, 0.05) is 29.7 Å². The second-order valence-electron chi connectivity index (χ2n) is 6.53. The fourth-order valence-corrected chi connectivity index (χ4v) is 3.18. The number of rotatable bonds is 5. The zero-order valence-corrected chi connectivity index (χ0v) is 16.2. The molecule has 8 nitrogen and oxygen atoms in total. The monoisotopic (exact) mass is 417 g/mol. The van der Waals surface area contributed by atoms with Crippen molar-refractivity contribution in [3.63, 3.8) is 0 Å². The molecule has 1 heterocycles. The van der Waals surface area contributed by atoms with E-state index in [0.29, 0.717) is 22.3 Å². The second kappa shape index (κ2) is 8.11. The lowest BCUT2D eigenvalue weighted by molar-refractivity contribution is -0.384. The minimum absolute atomic E-state index is 0.0541. The number of nitro benzene ring substituents is 1. The Hall–Kier alpha value is -4.46. The first-order chi connectivity index (χ1) is 15.0. The van der Waals surface area contributed by atoms with Crippen LogP contribution in [0.25, 0.3) is 22.1 Å². The van der Waals surface area contributed by atoms with E-state index in [0.717, 1.165) is 0 Å². The predicted octanol–water partition coefficient (Wildman–Crippen LogP) is 4.60. The third-order valence-corrected chi connectivity index (χ3v) is 4.64. The van der Waals surface area contributed by atoms with Crippen LogP contribution in [0, 0.1) is 10.1 Å². The number of non-ortho nitro benzene ring substituents is 1. The van der Waals surface area contributed by atoms with Crippen molar-refractivity contribution in [2.45, 2.75) is 0 Å². The fourth-order valence-electron chi connectivity index (χ4n) is 3.18. The van der Waals surface area contributed by atoms with Crippen LogP contribution in [0.4, 0.5) is 5.69 Å². The van der Waals surface area contributed by atoms with Crippen molar-refractivity contribution in [3.8, 4) is 22.6 Å². The van der Waals surface area contributed by atoms with Crippen molar-refractivity contribution < 1.29 is 23.6 Å². The molecule has 0 radical (unpaired) electrons. The van der Waals surface area contributed by atoms with E-state index in [1.54, 1.807) is 48.5 Å². The van der Waals surface area contributed by atoms with Crippen molar-refractivity contribution in [2.75, 3.05) is 7.11 Å². The van der Waals surface area contributed by atoms with Gasteiger partial charge in [0.1, 0.15) is 22.6 Å². The molecular formula is C23H15NO7. The van der Waals surface area contributed by atoms with Gasteiger partial charge in [-0.15, -0.1) is 0 Å². The molecule has 8 heteroatoms. The second-order valence-corrected chi connectivity index (χ2v) is 6.53. The average molecular weight is 417 g/mol. The molecule has 0 saturated heterocycles. The highest BCUT2D eigenvalue weighted by atomic mass is 16.6. The topological polar surface area (TPSA) is 109 Å². The first-order valence-corrected chi connectivity index (χ1v) is 9.14. The van der Waals surface area contributed by atoms with Crippen LogP contribution in [0.15, 0.2) is 82.0 Å². The Bertz CT molecular complexity index is 1360. The van der Waals surface area contributed by atoms with Gasteiger partial charge in [0.25, 0.3) is 5.69 Å². The molecule has 0 atom stereocenters. The number of carbonyl (C=O) groups excluding carboxylic acids is 1. The number of para-hydroxylation sites is 1. The van der Waals surface area contributed by atoms with E-state index in [1.807, 2.05) is 0 Å². The Balaban J connectivity index is 1.71. The van der Waals surface area contributed by atoms with E-state index in [1.165, 1.54) is 31.4 Å². The number of methoxy groups -OCH3 is 1. The van der Waals surface area contributed by atoms with Gasteiger partial charge in [0.2, 0.25) is 0 Å². The molecule has 4 aromatic rings. The molecule has 0 saturated carbocycles. The van der Waals surface area contributed by atoms with Gasteiger partial charge in [-0.2, -0.15) is 0 Å². The van der Waals surface area contributed by atoms with Gasteiger partial charge >= 0.3 is 11.6 Å². The van der Waals surface area contributed by atoms with Crippen LogP contribution in [0.5, 0.6) is 11.5 Å². The summed E-state index contributed by atoms with van der Waals surface area (Å²) >= 11 is 0. The smallest absolute Gasteiger partial charge is 0.347 e. The normalized spacial score (nSPS) is 10.6. The quantitative estimate of drug-likeness (QED) is 0.153. The number of carbonyl (C=O) groups is 1. The first kappa shape index (κ1) is 19.8. The standard InChI is InChI=1S/C23H15NO7/c1-29-20-5-3-2-4-18(20)23(26)30-16-10-11-17-19(13-22(25)31-21(17)12-16)14-6-8-15(9-7-14)24(27)28/h2-13H,1H3. The minimum Gasteiger partial charge on any atom is -0.496 e. The van der Waals surface area contributed by atoms with Crippen LogP contribution in [-0.4, -0.2) is 18.0 Å². The number of nitrogens with zero attached hydrogens (tertiary/aromatic N) is 1. The SMILES string of the molecule is COc1ccccc1C(=O)Oc1ccc2c(-c3ccc([N+](=O)[O-])cc3)cc(=O)oc2c1. The summed E-state index contributed by atoms with van der Waals surface area (Å²) in [5.41, 5.74) is 0.971. The highest BCUT2D eigenvalue weighted by Gasteiger charge is 2.16. The number of hydrogen-bond acceptors (Lipinski definition) is 7. The lowest BCUT2D eigenvalue weighted by Gasteiger charge is -2.10. The molecule has 31 heavy (non-hydrogen) atoms. The van der Waals surface area contributed by atoms with Gasteiger partial charge in [-0.05, 0) is 47.5 Å². The molecule has 0 fully saturated rings. The molecule has 0 bridgehead atoms. The largest absolute Gasteiger partial charge is 0.496 e. The maximum atomic E-state index is 12.5. The van der Waals surface area contributed by atoms with Crippen molar-refractivity contribution in [2.24, 2.45) is 0 Å². The third-order valence-electron chi connectivity index (χ3n) is 4.64. The molecule has 0 unspecified atom stereocenters. The van der Waals surface area contributed by atoms with Crippen LogP contribution in [-0.2, 0) is 0 Å². The highest BCUT2D eigenvalue weighted by molar-refractivity contribution is 5.96. The summed E-state index contributed by atoms with van der Waals surface area (Å²) in [6.07, 6.45) is 0. The summed E-state index contributed by atoms with van der Waals surface area (Å²) in [7, 11) is 1.45. The number of esters is 1. The van der Waals surface area contributed by atoms with E-state index in [4.69, 9.17) is 13.9 Å². The van der Waals surface area contributed by atoms with E-state index >= 15 is 0 Å². The molecule has 0 amide bonds. The number of hydrogen-bond donors (Lipinski definition) is 0. The molecule has 0 spiro atoms. The Kier molecular flexibility index (Phi) is 5.19. The van der Waals surface area contributed by atoms with Gasteiger partial charge in [-0.3, -0.25) is 10.1 Å². The number of ether oxygens (including phenoxy) is 2. The molecule has 154 valence electrons. The highest BCUT2D eigenvalue weighted by Crippen LogP contribution is 2.31. The van der Waals surface area contributed by atoms with Gasteiger partial charge in [0.05, 0.1) is 12.0 Å². The minimum atomic E-state index is -0.620. The lowest BCUT2D eigenvalue weighted by Crippen LogP contribution is -2.10. The van der Waals surface area contributed by atoms with E-state index in [9.17, 15) is 19.7 Å². The average Bonchev–Trinajstić information content (AvgIpc) is 2.78. The van der Waals surface area contributed by atoms with Crippen LogP contribution in [0.2, 0.25) is 0 Å². The number of nitro groups is 1. The maximum absolute atomic E-state index is 12.5. The van der Waals surface area contributed by atoms with Crippen LogP contribution < -0.4 is 15.1 Å². The van der Waals surface area contributed by atoms with Crippen molar-refractivity contribution in [1.29, 1.82) is 0 Å². The predicted molar refractivity (Wildman–Crippen MR) is 113 cm³/mol. The zero-order valence-electron chi connectivity index (χ0n) is 16.2. The van der Waals surface area contributed by atoms with Crippen molar-refractivity contribution in [3.05, 3.63) is 98.9 Å². The van der Waals surface area contributed by atoms with Gasteiger partial charge < -0.3 is 13.9 Å². The maximum Gasteiger partial charge on any atom is 0.347 e. The summed E-state index contributed by atoms with van der Waals surface area (Å²) < 4.78 is 15.9. The number of fused-ring (bicyclic) bond motifs is 1. The first-order valence-electron chi connectivity index (χ1n) is 9.14. The summed E-state index contributed by atoms with van der Waals surface area (Å²) in [6.45, 7) is 0. The van der Waals surface area contributed by atoms with Crippen LogP contribution >= 0.6 is 0 Å². The Labute approximate surface area is 175 Å². The number of benzene rings is 3. The van der Waals surface area contributed by atoms with E-state index in [-0.39, 0.29) is 22.6 Å². The van der Waals surface area contributed by atoms with E-state index < -0.39 is 16.5 Å². The Morgan fingerprint density at radius 2 is 1.74 bits per heavy atom. The van der Waals surface area contributed by atoms with Crippen LogP contribution in [0.1, 0.15) is 10.4 Å². The Morgan fingerprint density at radius 1 is 1.00 bits per heavy atom. The van der Waals surface area contributed by atoms with E-state index in [2.05, 4.69) is 0 Å². The molecule has 0 aliphatic rings. The zero-order chi connectivity index (χ0) is 22.0. The summed E-state index contributed by atoms with van der Waals surface area (Å²) in [5, 5.41) is 11.5. The van der Waals surface area contributed by atoms with Gasteiger partial charge in [0.15, 0.2) is 0 Å². The molecule has 0 aliphatic heterocycles. The van der Waals surface area contributed by atoms with Crippen molar-refractivity contribution >= 4 is 22.6 Å². The molecule has 3 aromatic carbocycles. The van der Waals surface area contributed by atoms with Crippen molar-refractivity contribution in [1.82, 2.24) is 0 Å². The van der Waals surface area contributed by atoms with Gasteiger partial charge in [-0.25, -0.2) is 9.59 Å². The molecule has 4 rings (SSSR count). The molecule has 0 aliphatic carbocycles.